The summed E-state index contributed by atoms with van der Waals surface area (Å²) in [6.07, 6.45) is 6.45. The zero-order valence-corrected chi connectivity index (χ0v) is 16.7. The number of amides is 1. The molecule has 1 fully saturated rings. The molecular weight excluding hydrogens is 354 g/mol. The maximum absolute atomic E-state index is 11.8. The van der Waals surface area contributed by atoms with Crippen LogP contribution in [0, 0.1) is 5.92 Å². The smallest absolute Gasteiger partial charge is 0.412 e. The maximum Gasteiger partial charge on any atom is 0.412 e. The van der Waals surface area contributed by atoms with Crippen LogP contribution in [0.5, 0.6) is 5.19 Å². The van der Waals surface area contributed by atoms with Gasteiger partial charge in [0, 0.05) is 12.1 Å². The fourth-order valence-corrected chi connectivity index (χ4v) is 3.45. The molecule has 1 unspecified atom stereocenters. The second-order valence-electron chi connectivity index (χ2n) is 7.79. The van der Waals surface area contributed by atoms with Crippen molar-refractivity contribution in [1.82, 2.24) is 10.3 Å². The predicted molar refractivity (Wildman–Crippen MR) is 103 cm³/mol. The van der Waals surface area contributed by atoms with Gasteiger partial charge < -0.3 is 19.9 Å². The summed E-state index contributed by atoms with van der Waals surface area (Å²) in [5.74, 6) is 0.699. The van der Waals surface area contributed by atoms with Gasteiger partial charge >= 0.3 is 6.09 Å². The third-order valence-electron chi connectivity index (χ3n) is 4.21. The van der Waals surface area contributed by atoms with Crippen molar-refractivity contribution in [1.29, 1.82) is 0 Å². The van der Waals surface area contributed by atoms with Crippen LogP contribution in [0.1, 0.15) is 52.9 Å². The van der Waals surface area contributed by atoms with Gasteiger partial charge in [-0.2, -0.15) is 0 Å². The van der Waals surface area contributed by atoms with E-state index in [1.807, 2.05) is 20.8 Å². The van der Waals surface area contributed by atoms with Gasteiger partial charge in [0.1, 0.15) is 17.7 Å². The zero-order valence-electron chi connectivity index (χ0n) is 15.9. The lowest BCUT2D eigenvalue weighted by molar-refractivity contribution is 0.0999. The number of aromatic nitrogens is 1. The fourth-order valence-electron chi connectivity index (χ4n) is 2.79. The molecule has 1 aliphatic carbocycles. The number of hydrogen-bond acceptors (Lipinski definition) is 7. The molecule has 8 heteroatoms. The number of β-amino-alcohol motifs (C(OH)–C–C–N with tert-alkyl or cyclic N) is 1. The van der Waals surface area contributed by atoms with E-state index in [0.717, 1.165) is 6.42 Å². The summed E-state index contributed by atoms with van der Waals surface area (Å²) in [4.78, 5) is 15.9. The number of nitrogens with one attached hydrogen (secondary N) is 2. The molecule has 1 aliphatic rings. The number of hydrogen-bond donors (Lipinski definition) is 3. The van der Waals surface area contributed by atoms with E-state index in [0.29, 0.717) is 29.3 Å². The van der Waals surface area contributed by atoms with Crippen molar-refractivity contribution in [3.8, 4) is 5.19 Å². The lowest BCUT2D eigenvalue weighted by Crippen LogP contribution is -2.42. The number of aliphatic hydroxyl groups is 1. The van der Waals surface area contributed by atoms with Gasteiger partial charge in [-0.25, -0.2) is 9.78 Å². The van der Waals surface area contributed by atoms with Gasteiger partial charge in [-0.3, -0.25) is 5.32 Å². The molecule has 148 valence electrons. The number of thiazole rings is 1. The van der Waals surface area contributed by atoms with Gasteiger partial charge in [0.2, 0.25) is 0 Å². The molecule has 26 heavy (non-hydrogen) atoms. The van der Waals surface area contributed by atoms with Crippen molar-refractivity contribution >= 4 is 22.4 Å². The van der Waals surface area contributed by atoms with Crippen molar-refractivity contribution < 1.29 is 19.4 Å². The lowest BCUT2D eigenvalue weighted by Gasteiger charge is -2.22. The van der Waals surface area contributed by atoms with Crippen LogP contribution in [-0.4, -0.2) is 47.6 Å². The van der Waals surface area contributed by atoms with Gasteiger partial charge in [0.05, 0.1) is 12.8 Å². The number of carbonyl (C=O) groups is 1. The standard InChI is InChI=1S/C18H31N3O4S/c1-18(2,3)20-10-14(22)12-25-17-19-11-15(26-17)21-16(23)24-9-8-13-6-4-5-7-13/h11,13-14,20,22H,4-10,12H2,1-3H3,(H,21,23). The van der Waals surface area contributed by atoms with Crippen LogP contribution >= 0.6 is 11.3 Å². The Kier molecular flexibility index (Phi) is 8.12. The van der Waals surface area contributed by atoms with E-state index in [4.69, 9.17) is 9.47 Å². The van der Waals surface area contributed by atoms with Crippen LogP contribution in [0.2, 0.25) is 0 Å². The van der Waals surface area contributed by atoms with Gasteiger partial charge in [-0.05, 0) is 33.1 Å². The fraction of sp³-hybridized carbons (Fsp3) is 0.778. The minimum Gasteiger partial charge on any atom is -0.467 e. The van der Waals surface area contributed by atoms with E-state index < -0.39 is 12.2 Å². The summed E-state index contributed by atoms with van der Waals surface area (Å²) in [6.45, 7) is 7.13. The number of carbonyl (C=O) groups excluding carboxylic acids is 1. The molecule has 1 atom stereocenters. The first-order valence-corrected chi connectivity index (χ1v) is 10.1. The quantitative estimate of drug-likeness (QED) is 0.603. The Bertz CT molecular complexity index is 553. The van der Waals surface area contributed by atoms with Crippen molar-refractivity contribution in [3.63, 3.8) is 0 Å². The molecule has 0 bridgehead atoms. The second kappa shape index (κ2) is 10.1. The molecule has 1 amide bonds. The molecule has 2 rings (SSSR count). The van der Waals surface area contributed by atoms with Crippen molar-refractivity contribution in [2.75, 3.05) is 25.1 Å². The minimum absolute atomic E-state index is 0.0582. The van der Waals surface area contributed by atoms with E-state index in [-0.39, 0.29) is 12.1 Å². The third kappa shape index (κ3) is 8.33. The highest BCUT2D eigenvalue weighted by molar-refractivity contribution is 7.17. The van der Waals surface area contributed by atoms with E-state index in [1.165, 1.54) is 43.2 Å². The monoisotopic (exact) mass is 385 g/mol. The second-order valence-corrected chi connectivity index (χ2v) is 8.78. The SMILES string of the molecule is CC(C)(C)NCC(O)COc1ncc(NC(=O)OCCC2CCCC2)s1. The van der Waals surface area contributed by atoms with Crippen LogP contribution in [0.3, 0.4) is 0 Å². The molecule has 0 aromatic carbocycles. The number of ether oxygens (including phenoxy) is 2. The Morgan fingerprint density at radius 3 is 2.85 bits per heavy atom. The van der Waals surface area contributed by atoms with E-state index in [1.54, 1.807) is 0 Å². The molecular formula is C18H31N3O4S. The van der Waals surface area contributed by atoms with Crippen molar-refractivity contribution in [2.45, 2.75) is 64.5 Å². The van der Waals surface area contributed by atoms with Gasteiger partial charge in [-0.1, -0.05) is 37.0 Å². The predicted octanol–water partition coefficient (Wildman–Crippen LogP) is 3.40. The molecule has 7 nitrogen and oxygen atoms in total. The Hall–Kier alpha value is -1.38. The van der Waals surface area contributed by atoms with Gasteiger partial charge in [-0.15, -0.1) is 0 Å². The summed E-state index contributed by atoms with van der Waals surface area (Å²) in [7, 11) is 0. The highest BCUT2D eigenvalue weighted by Gasteiger charge is 2.16. The van der Waals surface area contributed by atoms with Crippen LogP contribution in [0.25, 0.3) is 0 Å². The molecule has 0 saturated heterocycles. The molecule has 0 spiro atoms. The summed E-state index contributed by atoms with van der Waals surface area (Å²) in [5.41, 5.74) is -0.0582. The lowest BCUT2D eigenvalue weighted by atomic mass is 10.1. The maximum atomic E-state index is 11.8. The van der Waals surface area contributed by atoms with Gasteiger partial charge in [0.25, 0.3) is 5.19 Å². The summed E-state index contributed by atoms with van der Waals surface area (Å²) < 4.78 is 10.7. The molecule has 0 aliphatic heterocycles. The molecule has 1 saturated carbocycles. The average Bonchev–Trinajstić information content (AvgIpc) is 3.22. The Labute approximate surface area is 159 Å². The van der Waals surface area contributed by atoms with Gasteiger partial charge in [0.15, 0.2) is 0 Å². The Morgan fingerprint density at radius 2 is 2.15 bits per heavy atom. The molecule has 3 N–H and O–H groups in total. The highest BCUT2D eigenvalue weighted by atomic mass is 32.1. The highest BCUT2D eigenvalue weighted by Crippen LogP contribution is 2.28. The zero-order chi connectivity index (χ0) is 19.0. The average molecular weight is 386 g/mol. The number of rotatable bonds is 9. The van der Waals surface area contributed by atoms with Crippen LogP contribution in [0.4, 0.5) is 9.80 Å². The first kappa shape index (κ1) is 20.9. The largest absolute Gasteiger partial charge is 0.467 e. The number of aliphatic hydroxyl groups excluding tert-OH is 1. The first-order chi connectivity index (χ1) is 12.3. The molecule has 1 aromatic rings. The topological polar surface area (TPSA) is 92.7 Å². The molecule has 1 heterocycles. The Balaban J connectivity index is 1.62. The van der Waals surface area contributed by atoms with Crippen LogP contribution in [-0.2, 0) is 4.74 Å². The van der Waals surface area contributed by atoms with Crippen molar-refractivity contribution in [2.24, 2.45) is 5.92 Å². The van der Waals surface area contributed by atoms with E-state index in [9.17, 15) is 9.90 Å². The van der Waals surface area contributed by atoms with E-state index >= 15 is 0 Å². The molecule has 0 radical (unpaired) electrons. The number of nitrogens with zero attached hydrogens (tertiary/aromatic N) is 1. The van der Waals surface area contributed by atoms with Crippen molar-refractivity contribution in [3.05, 3.63) is 6.20 Å². The normalized spacial score (nSPS) is 16.5. The summed E-state index contributed by atoms with van der Waals surface area (Å²) >= 11 is 1.21. The minimum atomic E-state index is -0.630. The summed E-state index contributed by atoms with van der Waals surface area (Å²) in [5, 5.41) is 16.7. The first-order valence-electron chi connectivity index (χ1n) is 9.27. The van der Waals surface area contributed by atoms with Crippen LogP contribution < -0.4 is 15.4 Å². The third-order valence-corrected chi connectivity index (χ3v) is 5.04. The number of anilines is 1. The molecule has 1 aromatic heterocycles. The van der Waals surface area contributed by atoms with Crippen LogP contribution in [0.15, 0.2) is 6.20 Å². The summed E-state index contributed by atoms with van der Waals surface area (Å²) in [6, 6.07) is 0. The van der Waals surface area contributed by atoms with E-state index in [2.05, 4.69) is 15.6 Å². The Morgan fingerprint density at radius 1 is 1.42 bits per heavy atom.